The zero-order valence-electron chi connectivity index (χ0n) is 16.1. The van der Waals surface area contributed by atoms with E-state index in [-0.39, 0.29) is 35.7 Å². The number of benzene rings is 1. The van der Waals surface area contributed by atoms with Crippen LogP contribution < -0.4 is 10.6 Å². The number of hydrogen-bond donors (Lipinski definition) is 2. The fourth-order valence-electron chi connectivity index (χ4n) is 2.59. The Balaban J connectivity index is 0.00000300. The molecular weight excluding hydrogens is 503 g/mol. The average Bonchev–Trinajstić information content (AvgIpc) is 3.36. The summed E-state index contributed by atoms with van der Waals surface area (Å²) < 4.78 is 5.69. The summed E-state index contributed by atoms with van der Waals surface area (Å²) in [6.45, 7) is 4.98. The maximum Gasteiger partial charge on any atom is 0.269 e. The summed E-state index contributed by atoms with van der Waals surface area (Å²) in [5.74, 6) is 2.34. The SMILES string of the molecule is Cc1ccc(C(C)NC(=NCc2ccc([N+](=O)[O-])cc2)NCc2cccs2)o1.I. The predicted molar refractivity (Wildman–Crippen MR) is 126 cm³/mol. The molecule has 2 heterocycles. The Labute approximate surface area is 190 Å². The summed E-state index contributed by atoms with van der Waals surface area (Å²) in [5, 5.41) is 19.5. The van der Waals surface area contributed by atoms with Crippen LogP contribution in [-0.2, 0) is 13.1 Å². The summed E-state index contributed by atoms with van der Waals surface area (Å²) >= 11 is 1.67. The molecule has 0 saturated heterocycles. The monoisotopic (exact) mass is 526 g/mol. The minimum absolute atomic E-state index is 0. The lowest BCUT2D eigenvalue weighted by atomic mass is 10.2. The lowest BCUT2D eigenvalue weighted by Crippen LogP contribution is -2.38. The van der Waals surface area contributed by atoms with E-state index >= 15 is 0 Å². The van der Waals surface area contributed by atoms with E-state index in [1.165, 1.54) is 17.0 Å². The van der Waals surface area contributed by atoms with Gasteiger partial charge >= 0.3 is 0 Å². The van der Waals surface area contributed by atoms with Crippen molar-refractivity contribution in [2.45, 2.75) is 33.0 Å². The van der Waals surface area contributed by atoms with Gasteiger partial charge in [-0.25, -0.2) is 4.99 Å². The molecule has 0 bridgehead atoms. The van der Waals surface area contributed by atoms with Crippen LogP contribution in [0.4, 0.5) is 5.69 Å². The van der Waals surface area contributed by atoms with Crippen LogP contribution in [0.1, 0.15) is 34.9 Å². The van der Waals surface area contributed by atoms with Crippen molar-refractivity contribution in [1.82, 2.24) is 10.6 Å². The summed E-state index contributed by atoms with van der Waals surface area (Å²) in [6, 6.07) is 14.3. The number of halogens is 1. The van der Waals surface area contributed by atoms with E-state index in [4.69, 9.17) is 4.42 Å². The molecule has 3 aromatic rings. The van der Waals surface area contributed by atoms with Crippen molar-refractivity contribution in [3.8, 4) is 0 Å². The Morgan fingerprint density at radius 1 is 1.24 bits per heavy atom. The molecule has 1 unspecified atom stereocenters. The average molecular weight is 526 g/mol. The van der Waals surface area contributed by atoms with Gasteiger partial charge in [-0.05, 0) is 43.0 Å². The molecule has 29 heavy (non-hydrogen) atoms. The molecule has 2 N–H and O–H groups in total. The van der Waals surface area contributed by atoms with Crippen molar-refractivity contribution >= 4 is 47.0 Å². The summed E-state index contributed by atoms with van der Waals surface area (Å²) in [4.78, 5) is 16.2. The Kier molecular flexibility index (Phi) is 8.65. The topological polar surface area (TPSA) is 92.7 Å². The molecule has 0 aliphatic heterocycles. The van der Waals surface area contributed by atoms with Crippen molar-refractivity contribution in [3.63, 3.8) is 0 Å². The van der Waals surface area contributed by atoms with Gasteiger partial charge in [0.25, 0.3) is 5.69 Å². The van der Waals surface area contributed by atoms with Gasteiger partial charge in [-0.1, -0.05) is 18.2 Å². The van der Waals surface area contributed by atoms with Crippen molar-refractivity contribution in [3.05, 3.63) is 86.0 Å². The molecule has 0 aliphatic carbocycles. The molecule has 0 radical (unpaired) electrons. The molecule has 0 saturated carbocycles. The highest BCUT2D eigenvalue weighted by molar-refractivity contribution is 14.0. The van der Waals surface area contributed by atoms with Gasteiger partial charge in [0.1, 0.15) is 11.5 Å². The highest BCUT2D eigenvalue weighted by Crippen LogP contribution is 2.16. The fraction of sp³-hybridized carbons (Fsp3) is 0.250. The van der Waals surface area contributed by atoms with Gasteiger partial charge < -0.3 is 15.1 Å². The van der Waals surface area contributed by atoms with Gasteiger partial charge in [0.15, 0.2) is 5.96 Å². The predicted octanol–water partition coefficient (Wildman–Crippen LogP) is 5.17. The van der Waals surface area contributed by atoms with E-state index in [0.29, 0.717) is 19.0 Å². The molecule has 1 atom stereocenters. The van der Waals surface area contributed by atoms with E-state index in [9.17, 15) is 10.1 Å². The molecule has 0 amide bonds. The van der Waals surface area contributed by atoms with E-state index in [2.05, 4.69) is 21.7 Å². The van der Waals surface area contributed by atoms with Crippen LogP contribution in [0.15, 0.2) is 63.3 Å². The second-order valence-corrected chi connectivity index (χ2v) is 7.37. The van der Waals surface area contributed by atoms with Crippen molar-refractivity contribution < 1.29 is 9.34 Å². The number of nitro groups is 1. The van der Waals surface area contributed by atoms with Crippen molar-refractivity contribution in [2.75, 3.05) is 0 Å². The molecule has 154 valence electrons. The first-order valence-electron chi connectivity index (χ1n) is 8.88. The van der Waals surface area contributed by atoms with Crippen LogP contribution in [0.2, 0.25) is 0 Å². The summed E-state index contributed by atoms with van der Waals surface area (Å²) in [6.07, 6.45) is 0. The fourth-order valence-corrected chi connectivity index (χ4v) is 3.24. The van der Waals surface area contributed by atoms with Crippen LogP contribution >= 0.6 is 35.3 Å². The Bertz CT molecular complexity index is 939. The van der Waals surface area contributed by atoms with E-state index in [1.54, 1.807) is 23.5 Å². The number of furan rings is 1. The number of nitrogens with one attached hydrogen (secondary N) is 2. The maximum absolute atomic E-state index is 10.8. The van der Waals surface area contributed by atoms with Crippen LogP contribution in [0.3, 0.4) is 0 Å². The molecule has 1 aromatic carbocycles. The third-order valence-electron chi connectivity index (χ3n) is 4.12. The minimum Gasteiger partial charge on any atom is -0.464 e. The first-order valence-corrected chi connectivity index (χ1v) is 9.76. The van der Waals surface area contributed by atoms with Gasteiger partial charge in [-0.3, -0.25) is 10.1 Å². The smallest absolute Gasteiger partial charge is 0.269 e. The van der Waals surface area contributed by atoms with Gasteiger partial charge in [-0.15, -0.1) is 35.3 Å². The third kappa shape index (κ3) is 6.86. The van der Waals surface area contributed by atoms with Gasteiger partial charge in [0.05, 0.1) is 24.1 Å². The highest BCUT2D eigenvalue weighted by atomic mass is 127. The number of nitrogens with zero attached hydrogens (tertiary/aromatic N) is 2. The molecule has 7 nitrogen and oxygen atoms in total. The third-order valence-corrected chi connectivity index (χ3v) is 4.99. The second kappa shape index (κ2) is 11.0. The van der Waals surface area contributed by atoms with Gasteiger partial charge in [0, 0.05) is 17.0 Å². The van der Waals surface area contributed by atoms with E-state index < -0.39 is 4.92 Å². The Morgan fingerprint density at radius 3 is 2.59 bits per heavy atom. The van der Waals surface area contributed by atoms with Crippen LogP contribution in [0, 0.1) is 17.0 Å². The van der Waals surface area contributed by atoms with Gasteiger partial charge in [0.2, 0.25) is 0 Å². The molecule has 3 rings (SSSR count). The summed E-state index contributed by atoms with van der Waals surface area (Å²) in [5.41, 5.74) is 0.966. The zero-order chi connectivity index (χ0) is 19.9. The second-order valence-electron chi connectivity index (χ2n) is 6.34. The molecule has 2 aromatic heterocycles. The number of rotatable bonds is 7. The molecule has 9 heteroatoms. The minimum atomic E-state index is -0.407. The first-order chi connectivity index (χ1) is 13.5. The van der Waals surface area contributed by atoms with Crippen LogP contribution in [0.25, 0.3) is 0 Å². The molecule has 0 fully saturated rings. The summed E-state index contributed by atoms with van der Waals surface area (Å²) in [7, 11) is 0. The largest absolute Gasteiger partial charge is 0.464 e. The number of aryl methyl sites for hydroxylation is 1. The lowest BCUT2D eigenvalue weighted by molar-refractivity contribution is -0.384. The Hall–Kier alpha value is -2.40. The lowest BCUT2D eigenvalue weighted by Gasteiger charge is -2.16. The number of aliphatic imine (C=N–C) groups is 1. The highest BCUT2D eigenvalue weighted by Gasteiger charge is 2.12. The number of guanidine groups is 1. The van der Waals surface area contributed by atoms with Gasteiger partial charge in [-0.2, -0.15) is 0 Å². The zero-order valence-corrected chi connectivity index (χ0v) is 19.3. The van der Waals surface area contributed by atoms with Crippen molar-refractivity contribution in [2.24, 2.45) is 4.99 Å². The standard InChI is InChI=1S/C20H22N4O3S.HI/c1-14-5-10-19(27-14)15(2)23-20(22-13-18-4-3-11-28-18)21-12-16-6-8-17(9-7-16)24(25)26;/h3-11,15H,12-13H2,1-2H3,(H2,21,22,23);1H. The van der Waals surface area contributed by atoms with Crippen LogP contribution in [0.5, 0.6) is 0 Å². The molecular formula is C20H23IN4O3S. The number of thiophene rings is 1. The van der Waals surface area contributed by atoms with Crippen LogP contribution in [-0.4, -0.2) is 10.9 Å². The number of nitro benzene ring substituents is 1. The van der Waals surface area contributed by atoms with E-state index in [0.717, 1.165) is 17.1 Å². The normalized spacial score (nSPS) is 12.1. The van der Waals surface area contributed by atoms with Crippen molar-refractivity contribution in [1.29, 1.82) is 0 Å². The molecule has 0 spiro atoms. The number of non-ortho nitro benzene ring substituents is 1. The molecule has 0 aliphatic rings. The quantitative estimate of drug-likeness (QED) is 0.146. The first kappa shape index (κ1) is 22.9. The Morgan fingerprint density at radius 2 is 2.00 bits per heavy atom. The van der Waals surface area contributed by atoms with E-state index in [1.807, 2.05) is 37.4 Å². The maximum atomic E-state index is 10.8. The number of hydrogen-bond acceptors (Lipinski definition) is 5.